The van der Waals surface area contributed by atoms with Crippen molar-refractivity contribution in [2.45, 2.75) is 6.54 Å². The molecule has 0 bridgehead atoms. The van der Waals surface area contributed by atoms with E-state index in [9.17, 15) is 8.78 Å². The van der Waals surface area contributed by atoms with Gasteiger partial charge in [0.2, 0.25) is 0 Å². The number of nitrogens with two attached hydrogens (primary N) is 1. The maximum Gasteiger partial charge on any atom is 0.131 e. The maximum absolute atomic E-state index is 13.8. The maximum atomic E-state index is 13.8. The molecule has 0 saturated heterocycles. The third kappa shape index (κ3) is 2.06. The second kappa shape index (κ2) is 5.02. The number of fused-ring (bicyclic) bond motifs is 1. The Labute approximate surface area is 115 Å². The summed E-state index contributed by atoms with van der Waals surface area (Å²) in [6, 6.07) is 14.8. The first-order valence-electron chi connectivity index (χ1n) is 6.37. The molecule has 3 aromatic rings. The van der Waals surface area contributed by atoms with Crippen molar-refractivity contribution in [3.8, 4) is 11.1 Å². The normalized spacial score (nSPS) is 10.9. The quantitative estimate of drug-likeness (QED) is 0.739. The van der Waals surface area contributed by atoms with E-state index in [1.807, 2.05) is 12.1 Å². The fourth-order valence-corrected chi connectivity index (χ4v) is 2.47. The summed E-state index contributed by atoms with van der Waals surface area (Å²) in [6.45, 7) is 0.307. The van der Waals surface area contributed by atoms with Gasteiger partial charge in [-0.3, -0.25) is 0 Å². The van der Waals surface area contributed by atoms with Crippen molar-refractivity contribution in [2.75, 3.05) is 0 Å². The van der Waals surface area contributed by atoms with E-state index in [0.717, 1.165) is 16.5 Å². The van der Waals surface area contributed by atoms with Crippen molar-refractivity contribution >= 4 is 10.8 Å². The zero-order valence-corrected chi connectivity index (χ0v) is 10.7. The van der Waals surface area contributed by atoms with E-state index < -0.39 is 0 Å². The van der Waals surface area contributed by atoms with Gasteiger partial charge in [-0.15, -0.1) is 0 Å². The first-order chi connectivity index (χ1) is 9.70. The highest BCUT2D eigenvalue weighted by molar-refractivity contribution is 5.97. The Bertz CT molecular complexity index is 781. The van der Waals surface area contributed by atoms with E-state index >= 15 is 0 Å². The lowest BCUT2D eigenvalue weighted by molar-refractivity contribution is 0.627. The summed E-state index contributed by atoms with van der Waals surface area (Å²) in [7, 11) is 0. The van der Waals surface area contributed by atoms with E-state index in [-0.39, 0.29) is 11.6 Å². The minimum atomic E-state index is -0.328. The molecule has 0 aliphatic rings. The number of benzene rings is 3. The molecule has 0 unspecified atom stereocenters. The monoisotopic (exact) mass is 269 g/mol. The smallest absolute Gasteiger partial charge is 0.131 e. The summed E-state index contributed by atoms with van der Waals surface area (Å²) < 4.78 is 27.4. The zero-order chi connectivity index (χ0) is 14.1. The Balaban J connectivity index is 2.36. The number of rotatable bonds is 2. The molecule has 1 nitrogen and oxygen atoms in total. The molecular weight excluding hydrogens is 256 g/mol. The van der Waals surface area contributed by atoms with E-state index in [2.05, 4.69) is 0 Å². The number of halogens is 2. The molecule has 0 saturated carbocycles. The van der Waals surface area contributed by atoms with Crippen molar-refractivity contribution in [3.63, 3.8) is 0 Å². The van der Waals surface area contributed by atoms with E-state index in [1.54, 1.807) is 24.3 Å². The van der Waals surface area contributed by atoms with Gasteiger partial charge in [0.15, 0.2) is 0 Å². The van der Waals surface area contributed by atoms with Gasteiger partial charge < -0.3 is 5.73 Å². The summed E-state index contributed by atoms with van der Waals surface area (Å²) in [5, 5.41) is 1.28. The summed E-state index contributed by atoms with van der Waals surface area (Å²) in [6.07, 6.45) is 0. The van der Waals surface area contributed by atoms with Crippen molar-refractivity contribution in [3.05, 3.63) is 71.8 Å². The molecule has 100 valence electrons. The molecule has 20 heavy (non-hydrogen) atoms. The highest BCUT2D eigenvalue weighted by Gasteiger charge is 2.11. The lowest BCUT2D eigenvalue weighted by atomic mass is 9.94. The Hall–Kier alpha value is -2.26. The van der Waals surface area contributed by atoms with Crippen LogP contribution in [-0.2, 0) is 6.54 Å². The Morgan fingerprint density at radius 2 is 1.55 bits per heavy atom. The van der Waals surface area contributed by atoms with Gasteiger partial charge in [-0.1, -0.05) is 36.4 Å². The molecule has 3 heteroatoms. The van der Waals surface area contributed by atoms with Crippen molar-refractivity contribution in [2.24, 2.45) is 5.73 Å². The SMILES string of the molecule is NCc1ccc(F)cc1-c1ccc(F)c2ccccc12. The first-order valence-corrected chi connectivity index (χ1v) is 6.37. The van der Waals surface area contributed by atoms with Gasteiger partial charge in [-0.05, 0) is 40.3 Å². The highest BCUT2D eigenvalue weighted by Crippen LogP contribution is 2.32. The van der Waals surface area contributed by atoms with Crippen molar-refractivity contribution < 1.29 is 8.78 Å². The van der Waals surface area contributed by atoms with Crippen LogP contribution < -0.4 is 5.73 Å². The van der Waals surface area contributed by atoms with Gasteiger partial charge in [0.1, 0.15) is 11.6 Å². The molecule has 0 aliphatic carbocycles. The van der Waals surface area contributed by atoms with Crippen LogP contribution in [0.2, 0.25) is 0 Å². The minimum absolute atomic E-state index is 0.282. The predicted molar refractivity (Wildman–Crippen MR) is 77.2 cm³/mol. The first kappa shape index (κ1) is 12.8. The second-order valence-electron chi connectivity index (χ2n) is 4.65. The third-order valence-corrected chi connectivity index (χ3v) is 3.45. The average Bonchev–Trinajstić information content (AvgIpc) is 2.48. The lowest BCUT2D eigenvalue weighted by Crippen LogP contribution is -2.00. The molecule has 0 amide bonds. The van der Waals surface area contributed by atoms with Crippen LogP contribution in [0.25, 0.3) is 21.9 Å². The van der Waals surface area contributed by atoms with Crippen molar-refractivity contribution in [1.29, 1.82) is 0 Å². The standard InChI is InChI=1S/C17H13F2N/c18-12-6-5-11(10-20)16(9-12)14-7-8-17(19)15-4-2-1-3-13(14)15/h1-9H,10,20H2. The molecule has 0 aliphatic heterocycles. The molecule has 2 N–H and O–H groups in total. The molecule has 3 aromatic carbocycles. The van der Waals surface area contributed by atoms with Crippen LogP contribution in [0.3, 0.4) is 0 Å². The van der Waals surface area contributed by atoms with Crippen LogP contribution >= 0.6 is 0 Å². The van der Waals surface area contributed by atoms with Crippen LogP contribution in [0.15, 0.2) is 54.6 Å². The van der Waals surface area contributed by atoms with Gasteiger partial charge in [-0.2, -0.15) is 0 Å². The van der Waals surface area contributed by atoms with Crippen LogP contribution in [0, 0.1) is 11.6 Å². The zero-order valence-electron chi connectivity index (χ0n) is 10.7. The molecule has 3 rings (SSSR count). The fraction of sp³-hybridized carbons (Fsp3) is 0.0588. The van der Waals surface area contributed by atoms with Crippen LogP contribution in [0.1, 0.15) is 5.56 Å². The second-order valence-corrected chi connectivity index (χ2v) is 4.65. The summed E-state index contributed by atoms with van der Waals surface area (Å²) in [4.78, 5) is 0. The summed E-state index contributed by atoms with van der Waals surface area (Å²) in [5.74, 6) is -0.611. The van der Waals surface area contributed by atoms with E-state index in [4.69, 9.17) is 5.73 Å². The summed E-state index contributed by atoms with van der Waals surface area (Å²) >= 11 is 0. The van der Waals surface area contributed by atoms with Gasteiger partial charge >= 0.3 is 0 Å². The van der Waals surface area contributed by atoms with Crippen LogP contribution in [-0.4, -0.2) is 0 Å². The van der Waals surface area contributed by atoms with E-state index in [0.29, 0.717) is 17.5 Å². The Morgan fingerprint density at radius 3 is 2.30 bits per heavy atom. The Morgan fingerprint density at radius 1 is 0.800 bits per heavy atom. The fourth-order valence-electron chi connectivity index (χ4n) is 2.47. The highest BCUT2D eigenvalue weighted by atomic mass is 19.1. The molecular formula is C17H13F2N. The van der Waals surface area contributed by atoms with Gasteiger partial charge in [-0.25, -0.2) is 8.78 Å². The molecule has 0 spiro atoms. The molecule has 0 fully saturated rings. The number of hydrogen-bond donors (Lipinski definition) is 1. The lowest BCUT2D eigenvalue weighted by Gasteiger charge is -2.12. The predicted octanol–water partition coefficient (Wildman–Crippen LogP) is 4.24. The molecule has 0 radical (unpaired) electrons. The van der Waals surface area contributed by atoms with Crippen LogP contribution in [0.5, 0.6) is 0 Å². The minimum Gasteiger partial charge on any atom is -0.326 e. The van der Waals surface area contributed by atoms with Gasteiger partial charge in [0.25, 0.3) is 0 Å². The van der Waals surface area contributed by atoms with Crippen molar-refractivity contribution in [1.82, 2.24) is 0 Å². The molecule has 0 heterocycles. The number of hydrogen-bond acceptors (Lipinski definition) is 1. The molecule has 0 atom stereocenters. The third-order valence-electron chi connectivity index (χ3n) is 3.45. The Kier molecular flexibility index (Phi) is 3.20. The molecule has 0 aromatic heterocycles. The topological polar surface area (TPSA) is 26.0 Å². The van der Waals surface area contributed by atoms with E-state index in [1.165, 1.54) is 18.2 Å². The average molecular weight is 269 g/mol. The largest absolute Gasteiger partial charge is 0.326 e. The van der Waals surface area contributed by atoms with Gasteiger partial charge in [0.05, 0.1) is 0 Å². The van der Waals surface area contributed by atoms with Crippen LogP contribution in [0.4, 0.5) is 8.78 Å². The van der Waals surface area contributed by atoms with Gasteiger partial charge in [0, 0.05) is 11.9 Å². The summed E-state index contributed by atoms with van der Waals surface area (Å²) in [5.41, 5.74) is 8.06.